The molecule has 2 N–H and O–H groups in total. The Morgan fingerprint density at radius 2 is 1.85 bits per heavy atom. The molecule has 1 saturated heterocycles. The van der Waals surface area contributed by atoms with Crippen LogP contribution in [0.4, 0.5) is 0 Å². The van der Waals surface area contributed by atoms with E-state index in [2.05, 4.69) is 0 Å². The van der Waals surface area contributed by atoms with Crippen LogP contribution in [0.25, 0.3) is 0 Å². The number of aliphatic hydroxyl groups is 1. The molecule has 1 heterocycles. The van der Waals surface area contributed by atoms with Gasteiger partial charge in [-0.05, 0) is 31.6 Å². The smallest absolute Gasteiger partial charge is 0.310 e. The zero-order valence-electron chi connectivity index (χ0n) is 11.8. The Kier molecular flexibility index (Phi) is 3.48. The number of aliphatic carboxylic acids is 1. The first-order valence-corrected chi connectivity index (χ1v) is 7.71. The molecule has 0 radical (unpaired) electrons. The molecule has 0 aromatic rings. The van der Waals surface area contributed by atoms with Gasteiger partial charge < -0.3 is 15.1 Å². The first kappa shape index (κ1) is 13.9. The number of aliphatic hydroxyl groups excluding tert-OH is 1. The largest absolute Gasteiger partial charge is 0.481 e. The highest BCUT2D eigenvalue weighted by Crippen LogP contribution is 2.43. The van der Waals surface area contributed by atoms with Crippen molar-refractivity contribution in [1.29, 1.82) is 0 Å². The predicted molar refractivity (Wildman–Crippen MR) is 72.0 cm³/mol. The van der Waals surface area contributed by atoms with Crippen molar-refractivity contribution in [1.82, 2.24) is 4.90 Å². The van der Waals surface area contributed by atoms with Crippen LogP contribution in [0.5, 0.6) is 0 Å². The number of rotatable bonds is 3. The number of carboxylic acid groups (broad SMARTS) is 1. The lowest BCUT2D eigenvalue weighted by molar-refractivity contribution is -0.153. The minimum absolute atomic E-state index is 0.0316. The molecule has 0 aromatic carbocycles. The molecule has 0 spiro atoms. The summed E-state index contributed by atoms with van der Waals surface area (Å²) in [6.45, 7) is 1.32. The maximum absolute atomic E-state index is 12.4. The van der Waals surface area contributed by atoms with E-state index in [4.69, 9.17) is 0 Å². The van der Waals surface area contributed by atoms with Crippen molar-refractivity contribution in [3.63, 3.8) is 0 Å². The number of carbonyl (C=O) groups is 2. The summed E-state index contributed by atoms with van der Waals surface area (Å²) in [7, 11) is 0. The molecule has 0 bridgehead atoms. The van der Waals surface area contributed by atoms with E-state index < -0.39 is 11.4 Å². The van der Waals surface area contributed by atoms with Crippen molar-refractivity contribution in [2.45, 2.75) is 51.0 Å². The lowest BCUT2D eigenvalue weighted by atomic mass is 9.82. The van der Waals surface area contributed by atoms with Gasteiger partial charge in [0.15, 0.2) is 0 Å². The highest BCUT2D eigenvalue weighted by atomic mass is 16.4. The fraction of sp³-hybridized carbons (Fsp3) is 0.867. The summed E-state index contributed by atoms with van der Waals surface area (Å²) in [4.78, 5) is 25.7. The second-order valence-electron chi connectivity index (χ2n) is 6.84. The number of carboxylic acids is 1. The van der Waals surface area contributed by atoms with E-state index in [1.807, 2.05) is 0 Å². The molecule has 3 unspecified atom stereocenters. The van der Waals surface area contributed by atoms with Crippen molar-refractivity contribution in [3.8, 4) is 0 Å². The fourth-order valence-electron chi connectivity index (χ4n) is 4.36. The molecule has 1 amide bonds. The third kappa shape index (κ3) is 2.22. The van der Waals surface area contributed by atoms with Gasteiger partial charge in [-0.2, -0.15) is 0 Å². The summed E-state index contributed by atoms with van der Waals surface area (Å²) in [5.41, 5.74) is -0.826. The summed E-state index contributed by atoms with van der Waals surface area (Å²) in [6.07, 6.45) is 4.74. The van der Waals surface area contributed by atoms with Crippen LogP contribution in [-0.2, 0) is 9.59 Å². The molecular weight excluding hydrogens is 258 g/mol. The maximum Gasteiger partial charge on any atom is 0.310 e. The van der Waals surface area contributed by atoms with Crippen LogP contribution in [0.3, 0.4) is 0 Å². The van der Waals surface area contributed by atoms with Gasteiger partial charge >= 0.3 is 5.97 Å². The zero-order valence-corrected chi connectivity index (χ0v) is 11.8. The molecule has 2 aliphatic carbocycles. The van der Waals surface area contributed by atoms with E-state index in [1.54, 1.807) is 4.90 Å². The van der Waals surface area contributed by atoms with Crippen molar-refractivity contribution >= 4 is 11.9 Å². The van der Waals surface area contributed by atoms with Crippen LogP contribution in [0.2, 0.25) is 0 Å². The average molecular weight is 281 g/mol. The number of nitrogens with zero attached hydrogens (tertiary/aromatic N) is 1. The molecule has 5 nitrogen and oxygen atoms in total. The van der Waals surface area contributed by atoms with Crippen molar-refractivity contribution < 1.29 is 19.8 Å². The lowest BCUT2D eigenvalue weighted by Crippen LogP contribution is -2.38. The Balaban J connectivity index is 1.64. The van der Waals surface area contributed by atoms with E-state index in [9.17, 15) is 19.8 Å². The Morgan fingerprint density at radius 3 is 2.45 bits per heavy atom. The Bertz CT molecular complexity index is 416. The van der Waals surface area contributed by atoms with Gasteiger partial charge in [0.1, 0.15) is 0 Å². The summed E-state index contributed by atoms with van der Waals surface area (Å²) in [5.74, 6) is -0.222. The molecule has 112 valence electrons. The molecule has 3 fully saturated rings. The van der Waals surface area contributed by atoms with E-state index in [-0.39, 0.29) is 24.3 Å². The SMILES string of the molecule is O=C(CC1(C(=O)O)CCCC1)N1CC2CCC(O)C2C1. The average Bonchev–Trinajstić information content (AvgIpc) is 3.07. The van der Waals surface area contributed by atoms with Gasteiger partial charge in [0.05, 0.1) is 11.5 Å². The Hall–Kier alpha value is -1.10. The van der Waals surface area contributed by atoms with Crippen molar-refractivity contribution in [3.05, 3.63) is 0 Å². The van der Waals surface area contributed by atoms with Gasteiger partial charge in [-0.1, -0.05) is 12.8 Å². The third-order valence-corrected chi connectivity index (χ3v) is 5.68. The van der Waals surface area contributed by atoms with Crippen LogP contribution < -0.4 is 0 Å². The molecule has 0 aromatic heterocycles. The van der Waals surface area contributed by atoms with Crippen LogP contribution in [-0.4, -0.2) is 46.2 Å². The summed E-state index contributed by atoms with van der Waals surface area (Å²) in [6, 6.07) is 0. The molecule has 3 aliphatic rings. The molecular formula is C15H23NO4. The van der Waals surface area contributed by atoms with Crippen LogP contribution in [0, 0.1) is 17.3 Å². The minimum Gasteiger partial charge on any atom is -0.481 e. The molecule has 1 aliphatic heterocycles. The number of carbonyl (C=O) groups excluding carboxylic acids is 1. The third-order valence-electron chi connectivity index (χ3n) is 5.68. The van der Waals surface area contributed by atoms with Crippen LogP contribution in [0.15, 0.2) is 0 Å². The Morgan fingerprint density at radius 1 is 1.15 bits per heavy atom. The van der Waals surface area contributed by atoms with Crippen LogP contribution >= 0.6 is 0 Å². The lowest BCUT2D eigenvalue weighted by Gasteiger charge is -2.26. The minimum atomic E-state index is -0.826. The van der Waals surface area contributed by atoms with Gasteiger partial charge in [0, 0.05) is 25.4 Å². The highest BCUT2D eigenvalue weighted by molar-refractivity contribution is 5.85. The van der Waals surface area contributed by atoms with E-state index in [0.29, 0.717) is 31.8 Å². The molecule has 2 saturated carbocycles. The summed E-state index contributed by atoms with van der Waals surface area (Å²) in [5, 5.41) is 19.3. The van der Waals surface area contributed by atoms with Gasteiger partial charge in [0.25, 0.3) is 0 Å². The second-order valence-corrected chi connectivity index (χ2v) is 6.84. The normalized spacial score (nSPS) is 35.2. The molecule has 3 atom stereocenters. The van der Waals surface area contributed by atoms with Gasteiger partial charge in [-0.25, -0.2) is 0 Å². The van der Waals surface area contributed by atoms with Crippen molar-refractivity contribution in [2.24, 2.45) is 17.3 Å². The first-order valence-electron chi connectivity index (χ1n) is 7.71. The summed E-state index contributed by atoms with van der Waals surface area (Å²) >= 11 is 0. The fourth-order valence-corrected chi connectivity index (χ4v) is 4.36. The zero-order chi connectivity index (χ0) is 14.3. The number of likely N-dealkylation sites (tertiary alicyclic amines) is 1. The standard InChI is InChI=1S/C15H23NO4/c17-12-4-3-10-8-16(9-11(10)12)13(18)7-15(14(19)20)5-1-2-6-15/h10-12,17H,1-9H2,(H,19,20). The maximum atomic E-state index is 12.4. The Labute approximate surface area is 119 Å². The second kappa shape index (κ2) is 5.02. The number of fused-ring (bicyclic) bond motifs is 1. The van der Waals surface area contributed by atoms with E-state index in [0.717, 1.165) is 25.7 Å². The molecule has 20 heavy (non-hydrogen) atoms. The van der Waals surface area contributed by atoms with Crippen LogP contribution in [0.1, 0.15) is 44.9 Å². The molecule has 3 rings (SSSR count). The number of amides is 1. The van der Waals surface area contributed by atoms with E-state index in [1.165, 1.54) is 0 Å². The topological polar surface area (TPSA) is 77.8 Å². The van der Waals surface area contributed by atoms with E-state index >= 15 is 0 Å². The van der Waals surface area contributed by atoms with Crippen molar-refractivity contribution in [2.75, 3.05) is 13.1 Å². The monoisotopic (exact) mass is 281 g/mol. The predicted octanol–water partition coefficient (Wildman–Crippen LogP) is 1.25. The first-order chi connectivity index (χ1) is 9.52. The molecule has 5 heteroatoms. The van der Waals surface area contributed by atoms with Gasteiger partial charge in [0.2, 0.25) is 5.91 Å². The van der Waals surface area contributed by atoms with Gasteiger partial charge in [-0.3, -0.25) is 9.59 Å². The number of hydrogen-bond donors (Lipinski definition) is 2. The summed E-state index contributed by atoms with van der Waals surface area (Å²) < 4.78 is 0. The quantitative estimate of drug-likeness (QED) is 0.816. The highest BCUT2D eigenvalue weighted by Gasteiger charge is 2.47. The van der Waals surface area contributed by atoms with Gasteiger partial charge in [-0.15, -0.1) is 0 Å². The number of hydrogen-bond acceptors (Lipinski definition) is 3.